The maximum Gasteiger partial charge on any atom is 0.196 e. The lowest BCUT2D eigenvalue weighted by Crippen LogP contribution is -2.03. The van der Waals surface area contributed by atoms with Crippen LogP contribution in [0, 0.1) is 6.92 Å². The molecule has 3 aromatic rings. The summed E-state index contributed by atoms with van der Waals surface area (Å²) in [5, 5.41) is 10.9. The first-order chi connectivity index (χ1) is 9.13. The Bertz CT molecular complexity index is 852. The molecule has 0 fully saturated rings. The van der Waals surface area contributed by atoms with E-state index < -0.39 is 0 Å². The third-order valence-electron chi connectivity index (χ3n) is 3.12. The Morgan fingerprint density at radius 2 is 2.21 bits per heavy atom. The number of benzene rings is 1. The third-order valence-corrected chi connectivity index (χ3v) is 3.12. The fourth-order valence-corrected chi connectivity index (χ4v) is 2.34. The van der Waals surface area contributed by atoms with Gasteiger partial charge in [-0.2, -0.15) is 0 Å². The van der Waals surface area contributed by atoms with Crippen LogP contribution in [0.15, 0.2) is 44.7 Å². The van der Waals surface area contributed by atoms with E-state index in [0.29, 0.717) is 28.7 Å². The average Bonchev–Trinajstić information content (AvgIpc) is 2.82. The summed E-state index contributed by atoms with van der Waals surface area (Å²) in [6.45, 7) is 5.39. The second kappa shape index (κ2) is 4.02. The van der Waals surface area contributed by atoms with Crippen molar-refractivity contribution in [3.8, 4) is 5.75 Å². The van der Waals surface area contributed by atoms with Crippen molar-refractivity contribution < 1.29 is 13.9 Å². The van der Waals surface area contributed by atoms with Gasteiger partial charge in [0.2, 0.25) is 0 Å². The van der Waals surface area contributed by atoms with Crippen LogP contribution in [0.3, 0.4) is 0 Å². The van der Waals surface area contributed by atoms with E-state index in [-0.39, 0.29) is 16.6 Å². The highest BCUT2D eigenvalue weighted by Gasteiger charge is 2.19. The van der Waals surface area contributed by atoms with Crippen LogP contribution in [0.25, 0.3) is 21.9 Å². The number of furan rings is 1. The molecule has 0 amide bonds. The number of aromatic hydroxyl groups is 1. The molecule has 0 saturated carbocycles. The molecule has 1 aromatic carbocycles. The van der Waals surface area contributed by atoms with Gasteiger partial charge in [0.15, 0.2) is 5.43 Å². The summed E-state index contributed by atoms with van der Waals surface area (Å²) < 4.78 is 11.0. The van der Waals surface area contributed by atoms with Crippen molar-refractivity contribution in [2.45, 2.75) is 13.3 Å². The van der Waals surface area contributed by atoms with Crippen LogP contribution < -0.4 is 5.43 Å². The van der Waals surface area contributed by atoms with E-state index in [2.05, 4.69) is 6.58 Å². The van der Waals surface area contributed by atoms with Crippen LogP contribution in [-0.4, -0.2) is 5.11 Å². The van der Waals surface area contributed by atoms with Crippen molar-refractivity contribution in [3.63, 3.8) is 0 Å². The smallest absolute Gasteiger partial charge is 0.196 e. The van der Waals surface area contributed by atoms with Gasteiger partial charge in [0.1, 0.15) is 28.1 Å². The molecule has 0 radical (unpaired) electrons. The monoisotopic (exact) mass is 256 g/mol. The van der Waals surface area contributed by atoms with E-state index in [1.807, 2.05) is 0 Å². The van der Waals surface area contributed by atoms with Gasteiger partial charge >= 0.3 is 0 Å². The quantitative estimate of drug-likeness (QED) is 0.714. The maximum atomic E-state index is 12.1. The Morgan fingerprint density at radius 3 is 2.95 bits per heavy atom. The first-order valence-electron chi connectivity index (χ1n) is 5.90. The first kappa shape index (κ1) is 11.6. The standard InChI is InChI=1S/C15H12O4/c1-3-4-10-14-9(5-6-18-14)13(17)12-11(16)7-8(2)19-15(10)12/h3,5-7,17H,1,4H2,2H3. The predicted octanol–water partition coefficient (Wildman–Crippen LogP) is 3.28. The van der Waals surface area contributed by atoms with E-state index in [9.17, 15) is 9.90 Å². The Balaban J connectivity index is 2.65. The van der Waals surface area contributed by atoms with E-state index in [1.54, 1.807) is 19.1 Å². The predicted molar refractivity (Wildman–Crippen MR) is 72.6 cm³/mol. The molecule has 0 aliphatic heterocycles. The number of fused-ring (bicyclic) bond motifs is 2. The largest absolute Gasteiger partial charge is 0.506 e. The lowest BCUT2D eigenvalue weighted by atomic mass is 10.0. The van der Waals surface area contributed by atoms with Gasteiger partial charge in [-0.1, -0.05) is 6.08 Å². The molecule has 2 heterocycles. The molecule has 19 heavy (non-hydrogen) atoms. The van der Waals surface area contributed by atoms with Gasteiger partial charge < -0.3 is 13.9 Å². The third kappa shape index (κ3) is 1.57. The lowest BCUT2D eigenvalue weighted by molar-refractivity contribution is 0.484. The van der Waals surface area contributed by atoms with Crippen molar-refractivity contribution in [1.29, 1.82) is 0 Å². The SMILES string of the molecule is C=CCc1c2occc2c(O)c2c(=O)cc(C)oc12. The number of aryl methyl sites for hydroxylation is 1. The Kier molecular flexibility index (Phi) is 2.45. The molecule has 0 bridgehead atoms. The van der Waals surface area contributed by atoms with Crippen molar-refractivity contribution in [2.24, 2.45) is 0 Å². The minimum atomic E-state index is -0.260. The molecule has 2 aromatic heterocycles. The second-order valence-electron chi connectivity index (χ2n) is 4.41. The highest BCUT2D eigenvalue weighted by molar-refractivity contribution is 6.03. The van der Waals surface area contributed by atoms with Crippen LogP contribution in [0.1, 0.15) is 11.3 Å². The molecular formula is C15H12O4. The molecule has 96 valence electrons. The van der Waals surface area contributed by atoms with Crippen molar-refractivity contribution in [1.82, 2.24) is 0 Å². The van der Waals surface area contributed by atoms with Gasteiger partial charge in [0.05, 0.1) is 11.6 Å². The zero-order valence-electron chi connectivity index (χ0n) is 10.4. The molecule has 0 aliphatic carbocycles. The molecule has 0 aliphatic rings. The zero-order chi connectivity index (χ0) is 13.6. The van der Waals surface area contributed by atoms with E-state index in [1.165, 1.54) is 12.3 Å². The van der Waals surface area contributed by atoms with Crippen LogP contribution in [0.4, 0.5) is 0 Å². The summed E-state index contributed by atoms with van der Waals surface area (Å²) >= 11 is 0. The number of allylic oxidation sites excluding steroid dienone is 1. The topological polar surface area (TPSA) is 63.6 Å². The minimum Gasteiger partial charge on any atom is -0.506 e. The molecule has 3 rings (SSSR count). The van der Waals surface area contributed by atoms with Gasteiger partial charge in [-0.25, -0.2) is 0 Å². The van der Waals surface area contributed by atoms with Crippen molar-refractivity contribution >= 4 is 21.9 Å². The number of hydrogen-bond donors (Lipinski definition) is 1. The highest BCUT2D eigenvalue weighted by Crippen LogP contribution is 2.37. The Hall–Kier alpha value is -2.49. The summed E-state index contributed by atoms with van der Waals surface area (Å²) in [6, 6.07) is 3.00. The lowest BCUT2D eigenvalue weighted by Gasteiger charge is -2.07. The van der Waals surface area contributed by atoms with Crippen LogP contribution in [-0.2, 0) is 6.42 Å². The molecule has 0 atom stereocenters. The molecule has 0 unspecified atom stereocenters. The fourth-order valence-electron chi connectivity index (χ4n) is 2.34. The number of phenols is 1. The summed E-state index contributed by atoms with van der Waals surface area (Å²) in [7, 11) is 0. The first-order valence-corrected chi connectivity index (χ1v) is 5.90. The summed E-state index contributed by atoms with van der Waals surface area (Å²) in [6.07, 6.45) is 3.68. The number of rotatable bonds is 2. The highest BCUT2D eigenvalue weighted by atomic mass is 16.3. The van der Waals surface area contributed by atoms with Crippen LogP contribution >= 0.6 is 0 Å². The fraction of sp³-hybridized carbons (Fsp3) is 0.133. The summed E-state index contributed by atoms with van der Waals surface area (Å²) in [5.74, 6) is 0.397. The normalized spacial score (nSPS) is 11.2. The van der Waals surface area contributed by atoms with Crippen molar-refractivity contribution in [2.75, 3.05) is 0 Å². The van der Waals surface area contributed by atoms with Gasteiger partial charge in [-0.15, -0.1) is 6.58 Å². The van der Waals surface area contributed by atoms with Crippen LogP contribution in [0.5, 0.6) is 5.75 Å². The van der Waals surface area contributed by atoms with Gasteiger partial charge in [0, 0.05) is 11.6 Å². The molecule has 4 heteroatoms. The Labute approximate surface area is 108 Å². The Morgan fingerprint density at radius 1 is 1.42 bits per heavy atom. The van der Waals surface area contributed by atoms with Crippen LogP contribution in [0.2, 0.25) is 0 Å². The molecule has 0 saturated heterocycles. The van der Waals surface area contributed by atoms with Crippen molar-refractivity contribution in [3.05, 3.63) is 52.6 Å². The molecule has 4 nitrogen and oxygen atoms in total. The number of phenolic OH excluding ortho intramolecular Hbond substituents is 1. The molecule has 0 spiro atoms. The van der Waals surface area contributed by atoms with E-state index in [0.717, 1.165) is 5.56 Å². The second-order valence-corrected chi connectivity index (χ2v) is 4.41. The average molecular weight is 256 g/mol. The van der Waals surface area contributed by atoms with E-state index >= 15 is 0 Å². The molecule has 1 N–H and O–H groups in total. The van der Waals surface area contributed by atoms with Gasteiger partial charge in [-0.05, 0) is 19.4 Å². The number of hydrogen-bond acceptors (Lipinski definition) is 4. The minimum absolute atomic E-state index is 0.0969. The molecular weight excluding hydrogens is 244 g/mol. The summed E-state index contributed by atoms with van der Waals surface area (Å²) in [5.41, 5.74) is 1.36. The van der Waals surface area contributed by atoms with Gasteiger partial charge in [-0.3, -0.25) is 4.79 Å². The van der Waals surface area contributed by atoms with Gasteiger partial charge in [0.25, 0.3) is 0 Å². The summed E-state index contributed by atoms with van der Waals surface area (Å²) in [4.78, 5) is 12.1. The maximum absolute atomic E-state index is 12.1. The van der Waals surface area contributed by atoms with E-state index in [4.69, 9.17) is 8.83 Å². The zero-order valence-corrected chi connectivity index (χ0v) is 10.4.